The van der Waals surface area contributed by atoms with Crippen molar-refractivity contribution >= 4 is 35.1 Å². The van der Waals surface area contributed by atoms with E-state index in [1.807, 2.05) is 16.3 Å². The van der Waals surface area contributed by atoms with Crippen molar-refractivity contribution in [3.63, 3.8) is 0 Å². The monoisotopic (exact) mass is 425 g/mol. The number of nitrogens with zero attached hydrogens (tertiary/aromatic N) is 2. The first-order valence-corrected chi connectivity index (χ1v) is 10.4. The maximum absolute atomic E-state index is 12.7. The third kappa shape index (κ3) is 5.54. The van der Waals surface area contributed by atoms with Gasteiger partial charge in [0.1, 0.15) is 0 Å². The molecule has 1 aliphatic heterocycles. The molecule has 2 amide bonds. The molecule has 0 aliphatic carbocycles. The number of ether oxygens (including phenoxy) is 2. The zero-order chi connectivity index (χ0) is 21.4. The van der Waals surface area contributed by atoms with Gasteiger partial charge in [-0.3, -0.25) is 14.5 Å². The number of hydrogen-bond acceptors (Lipinski definition) is 8. The van der Waals surface area contributed by atoms with Crippen molar-refractivity contribution in [2.24, 2.45) is 0 Å². The van der Waals surface area contributed by atoms with Crippen LogP contribution in [0, 0.1) is 0 Å². The van der Waals surface area contributed by atoms with Gasteiger partial charge in [-0.05, 0) is 25.3 Å². The summed E-state index contributed by atoms with van der Waals surface area (Å²) in [6.07, 6.45) is 0. The van der Waals surface area contributed by atoms with Crippen LogP contribution in [0.15, 0.2) is 17.5 Å². The lowest BCUT2D eigenvalue weighted by Crippen LogP contribution is -2.67. The van der Waals surface area contributed by atoms with Crippen LogP contribution in [0.1, 0.15) is 30.4 Å². The summed E-state index contributed by atoms with van der Waals surface area (Å²) in [7, 11) is 0. The van der Waals surface area contributed by atoms with Crippen LogP contribution in [0.25, 0.3) is 0 Å². The van der Waals surface area contributed by atoms with Gasteiger partial charge in [-0.1, -0.05) is 6.07 Å². The average Bonchev–Trinajstić information content (AvgIpc) is 3.22. The minimum absolute atomic E-state index is 0.0384. The molecule has 2 rings (SSSR count). The fourth-order valence-corrected chi connectivity index (χ4v) is 3.85. The number of rotatable bonds is 8. The summed E-state index contributed by atoms with van der Waals surface area (Å²) in [5.41, 5.74) is -1.95. The Hall–Kier alpha value is -2.46. The summed E-state index contributed by atoms with van der Waals surface area (Å²) < 4.78 is 10.2. The highest BCUT2D eigenvalue weighted by Crippen LogP contribution is 2.18. The normalized spacial score (nSPS) is 14.9. The summed E-state index contributed by atoms with van der Waals surface area (Å²) in [6.45, 7) is 6.26. The molecular weight excluding hydrogens is 398 g/mol. The summed E-state index contributed by atoms with van der Waals surface area (Å²) >= 11 is 1.39. The Morgan fingerprint density at radius 2 is 1.66 bits per heavy atom. The van der Waals surface area contributed by atoms with Crippen LogP contribution in [0.3, 0.4) is 0 Å². The van der Waals surface area contributed by atoms with E-state index in [1.54, 1.807) is 24.8 Å². The second-order valence-electron chi connectivity index (χ2n) is 6.57. The molecular formula is C19H27N3O6S. The molecule has 0 spiro atoms. The van der Waals surface area contributed by atoms with E-state index < -0.39 is 23.4 Å². The first kappa shape index (κ1) is 22.8. The molecule has 1 saturated heterocycles. The molecule has 160 valence electrons. The predicted octanol–water partition coefficient (Wildman–Crippen LogP) is 0.507. The lowest BCUT2D eigenvalue weighted by Gasteiger charge is -2.39. The molecule has 0 aromatic carbocycles. The van der Waals surface area contributed by atoms with Crippen molar-refractivity contribution in [2.75, 3.05) is 45.9 Å². The Labute approximate surface area is 173 Å². The second kappa shape index (κ2) is 10.4. The van der Waals surface area contributed by atoms with Crippen molar-refractivity contribution < 1.29 is 28.7 Å². The fourth-order valence-electron chi connectivity index (χ4n) is 3.16. The van der Waals surface area contributed by atoms with Gasteiger partial charge in [0.25, 0.3) is 5.91 Å². The van der Waals surface area contributed by atoms with Crippen LogP contribution in [-0.4, -0.2) is 85.0 Å². The molecule has 0 atom stereocenters. The van der Waals surface area contributed by atoms with Crippen LogP contribution in [0.4, 0.5) is 0 Å². The van der Waals surface area contributed by atoms with E-state index in [1.165, 1.54) is 18.3 Å². The number of carbonyl (C=O) groups excluding carboxylic acids is 4. The molecule has 10 heteroatoms. The lowest BCUT2D eigenvalue weighted by molar-refractivity contribution is -0.169. The minimum Gasteiger partial charge on any atom is -0.464 e. The fraction of sp³-hybridized carbons (Fsp3) is 0.579. The molecule has 0 unspecified atom stereocenters. The van der Waals surface area contributed by atoms with Crippen molar-refractivity contribution in [3.8, 4) is 0 Å². The quantitative estimate of drug-likeness (QED) is 0.478. The van der Waals surface area contributed by atoms with Gasteiger partial charge in [0.15, 0.2) is 0 Å². The van der Waals surface area contributed by atoms with Crippen LogP contribution in [0.2, 0.25) is 0 Å². The zero-order valence-electron chi connectivity index (χ0n) is 16.9. The maximum Gasteiger partial charge on any atom is 0.345 e. The van der Waals surface area contributed by atoms with Gasteiger partial charge in [-0.15, -0.1) is 11.3 Å². The van der Waals surface area contributed by atoms with Crippen LogP contribution >= 0.6 is 11.3 Å². The highest BCUT2D eigenvalue weighted by atomic mass is 32.1. The first-order valence-electron chi connectivity index (χ1n) is 9.52. The average molecular weight is 426 g/mol. The highest BCUT2D eigenvalue weighted by molar-refractivity contribution is 7.12. The Bertz CT molecular complexity index is 710. The summed E-state index contributed by atoms with van der Waals surface area (Å²) in [5, 5.41) is 4.31. The molecule has 1 aromatic heterocycles. The van der Waals surface area contributed by atoms with Crippen molar-refractivity contribution in [1.29, 1.82) is 0 Å². The number of esters is 2. The van der Waals surface area contributed by atoms with E-state index >= 15 is 0 Å². The van der Waals surface area contributed by atoms with Gasteiger partial charge in [-0.2, -0.15) is 0 Å². The summed E-state index contributed by atoms with van der Waals surface area (Å²) in [5.74, 6) is -2.29. The summed E-state index contributed by atoms with van der Waals surface area (Å²) in [4.78, 5) is 53.9. The molecule has 29 heavy (non-hydrogen) atoms. The Morgan fingerprint density at radius 1 is 1.07 bits per heavy atom. The van der Waals surface area contributed by atoms with E-state index in [0.29, 0.717) is 31.1 Å². The van der Waals surface area contributed by atoms with Gasteiger partial charge < -0.3 is 19.7 Å². The van der Waals surface area contributed by atoms with Crippen LogP contribution in [0.5, 0.6) is 0 Å². The van der Waals surface area contributed by atoms with Gasteiger partial charge in [0.05, 0.1) is 18.1 Å². The van der Waals surface area contributed by atoms with Gasteiger partial charge in [0, 0.05) is 39.6 Å². The second-order valence-corrected chi connectivity index (χ2v) is 7.52. The Morgan fingerprint density at radius 3 is 2.10 bits per heavy atom. The van der Waals surface area contributed by atoms with Gasteiger partial charge in [0.2, 0.25) is 11.4 Å². The number of amides is 2. The third-order valence-corrected chi connectivity index (χ3v) is 5.35. The molecule has 0 saturated carbocycles. The lowest BCUT2D eigenvalue weighted by atomic mass is 9.97. The van der Waals surface area contributed by atoms with E-state index in [0.717, 1.165) is 0 Å². The number of thiophene rings is 1. The van der Waals surface area contributed by atoms with E-state index in [2.05, 4.69) is 5.32 Å². The first-order chi connectivity index (χ1) is 13.8. The van der Waals surface area contributed by atoms with E-state index in [9.17, 15) is 19.2 Å². The molecule has 0 radical (unpaired) electrons. The van der Waals surface area contributed by atoms with Crippen LogP contribution < -0.4 is 5.32 Å². The van der Waals surface area contributed by atoms with Crippen molar-refractivity contribution in [2.45, 2.75) is 26.3 Å². The van der Waals surface area contributed by atoms with Gasteiger partial charge >= 0.3 is 11.9 Å². The molecule has 1 N–H and O–H groups in total. The standard InChI is InChI=1S/C19H27N3O6S/c1-4-27-17(25)19(20-14(3)23,18(26)28-5-2)13-21-8-10-22(11-9-21)16(24)15-7-6-12-29-15/h6-7,12H,4-5,8-11,13H2,1-3H3,(H,20,23). The molecule has 0 bridgehead atoms. The molecule has 1 aromatic rings. The summed E-state index contributed by atoms with van der Waals surface area (Å²) in [6, 6.07) is 3.61. The highest BCUT2D eigenvalue weighted by Gasteiger charge is 2.51. The largest absolute Gasteiger partial charge is 0.464 e. The van der Waals surface area contributed by atoms with Crippen LogP contribution in [-0.2, 0) is 23.9 Å². The third-order valence-electron chi connectivity index (χ3n) is 4.49. The number of carbonyl (C=O) groups is 4. The van der Waals surface area contributed by atoms with Crippen molar-refractivity contribution in [1.82, 2.24) is 15.1 Å². The number of nitrogens with one attached hydrogen (secondary N) is 1. The smallest absolute Gasteiger partial charge is 0.345 e. The predicted molar refractivity (Wildman–Crippen MR) is 106 cm³/mol. The topological polar surface area (TPSA) is 105 Å². The molecule has 1 aliphatic rings. The van der Waals surface area contributed by atoms with Gasteiger partial charge in [-0.25, -0.2) is 9.59 Å². The van der Waals surface area contributed by atoms with Crippen molar-refractivity contribution in [3.05, 3.63) is 22.4 Å². The number of hydrogen-bond donors (Lipinski definition) is 1. The SMILES string of the molecule is CCOC(=O)C(CN1CCN(C(=O)c2cccs2)CC1)(NC(C)=O)C(=O)OCC. The molecule has 2 heterocycles. The maximum atomic E-state index is 12.7. The molecule has 1 fully saturated rings. The Balaban J connectivity index is 2.14. The Kier molecular flexibility index (Phi) is 8.15. The minimum atomic E-state index is -1.95. The van der Waals surface area contributed by atoms with E-state index in [-0.39, 0.29) is 25.7 Å². The van der Waals surface area contributed by atoms with E-state index in [4.69, 9.17) is 9.47 Å². The number of piperazine rings is 1. The molecule has 9 nitrogen and oxygen atoms in total. The zero-order valence-corrected chi connectivity index (χ0v) is 17.8.